The minimum Gasteiger partial charge on any atom is -0.439 e. The van der Waals surface area contributed by atoms with Crippen LogP contribution in [0.4, 0.5) is 23.7 Å². The van der Waals surface area contributed by atoms with Gasteiger partial charge >= 0.3 is 12.2 Å². The Labute approximate surface area is 134 Å². The minimum atomic E-state index is -4.90. The molecule has 0 saturated heterocycles. The maximum absolute atomic E-state index is 13.0. The zero-order valence-corrected chi connectivity index (χ0v) is 12.5. The van der Waals surface area contributed by atoms with E-state index in [0.717, 1.165) is 18.2 Å². The fourth-order valence-corrected chi connectivity index (χ4v) is 1.56. The van der Waals surface area contributed by atoms with Gasteiger partial charge < -0.3 is 15.4 Å². The first kappa shape index (κ1) is 18.9. The molecule has 130 valence electrons. The monoisotopic (exact) mass is 346 g/mol. The van der Waals surface area contributed by atoms with Gasteiger partial charge in [0.05, 0.1) is 4.92 Å². The number of carbonyl (C=O) groups excluding carboxylic acids is 1. The number of ether oxygens (including phenoxy) is 1. The molecule has 0 aliphatic heterocycles. The van der Waals surface area contributed by atoms with Crippen molar-refractivity contribution in [1.29, 1.82) is 5.41 Å². The number of allylic oxidation sites excluding steroid dienone is 1. The highest BCUT2D eigenvalue weighted by Crippen LogP contribution is 2.38. The predicted octanol–water partition coefficient (Wildman–Crippen LogP) is 2.80. The molecule has 0 aliphatic carbocycles. The van der Waals surface area contributed by atoms with Crippen LogP contribution in [0.15, 0.2) is 30.0 Å². The highest BCUT2D eigenvalue weighted by atomic mass is 19.4. The summed E-state index contributed by atoms with van der Waals surface area (Å²) in [4.78, 5) is 20.7. The first-order valence-corrected chi connectivity index (χ1v) is 6.33. The van der Waals surface area contributed by atoms with Gasteiger partial charge in [-0.1, -0.05) is 0 Å². The fraction of sp³-hybridized carbons (Fsp3) is 0.231. The van der Waals surface area contributed by atoms with Crippen molar-refractivity contribution in [3.05, 3.63) is 45.6 Å². The Bertz CT molecular complexity index is 701. The Kier molecular flexibility index (Phi) is 5.87. The maximum Gasteiger partial charge on any atom is 0.420 e. The summed E-state index contributed by atoms with van der Waals surface area (Å²) in [5.74, 6) is -1.45. The molecule has 0 unspecified atom stereocenters. The maximum atomic E-state index is 13.0. The molecule has 0 aromatic heterocycles. The predicted molar refractivity (Wildman–Crippen MR) is 77.8 cm³/mol. The van der Waals surface area contributed by atoms with Crippen molar-refractivity contribution in [2.45, 2.75) is 13.1 Å². The molecular weight excluding hydrogens is 333 g/mol. The third-order valence-corrected chi connectivity index (χ3v) is 2.58. The molecule has 8 nitrogen and oxygen atoms in total. The van der Waals surface area contributed by atoms with Crippen LogP contribution in [-0.4, -0.2) is 23.9 Å². The number of urea groups is 1. The van der Waals surface area contributed by atoms with Crippen LogP contribution in [0.25, 0.3) is 0 Å². The van der Waals surface area contributed by atoms with Gasteiger partial charge in [-0.2, -0.15) is 13.2 Å². The van der Waals surface area contributed by atoms with Crippen LogP contribution < -0.4 is 15.4 Å². The lowest BCUT2D eigenvalue weighted by Crippen LogP contribution is -2.31. The van der Waals surface area contributed by atoms with Crippen LogP contribution in [0.1, 0.15) is 12.5 Å². The Morgan fingerprint density at radius 2 is 2.04 bits per heavy atom. The summed E-state index contributed by atoms with van der Waals surface area (Å²) in [6, 6.07) is 1.33. The van der Waals surface area contributed by atoms with Crippen molar-refractivity contribution >= 4 is 17.6 Å². The number of nitrogens with zero attached hydrogens (tertiary/aromatic N) is 1. The number of hydrogen-bond acceptors (Lipinski definition) is 5. The van der Waals surface area contributed by atoms with Gasteiger partial charge in [0.2, 0.25) is 5.90 Å². The van der Waals surface area contributed by atoms with Crippen molar-refractivity contribution in [1.82, 2.24) is 10.6 Å². The highest BCUT2D eigenvalue weighted by molar-refractivity contribution is 5.88. The third kappa shape index (κ3) is 5.26. The Balaban J connectivity index is 3.06. The number of nitro groups is 1. The topological polar surface area (TPSA) is 117 Å². The molecule has 0 aliphatic rings. The third-order valence-electron chi connectivity index (χ3n) is 2.58. The molecule has 0 saturated carbocycles. The molecule has 3 N–H and O–H groups in total. The van der Waals surface area contributed by atoms with Crippen LogP contribution >= 0.6 is 0 Å². The van der Waals surface area contributed by atoms with Gasteiger partial charge in [0, 0.05) is 31.0 Å². The molecule has 2 amide bonds. The van der Waals surface area contributed by atoms with E-state index in [2.05, 4.69) is 10.6 Å². The summed E-state index contributed by atoms with van der Waals surface area (Å²) < 4.78 is 43.7. The Morgan fingerprint density at radius 3 is 2.54 bits per heavy atom. The zero-order chi connectivity index (χ0) is 18.5. The van der Waals surface area contributed by atoms with Crippen molar-refractivity contribution in [3.8, 4) is 5.75 Å². The number of halogens is 3. The van der Waals surface area contributed by atoms with Crippen molar-refractivity contribution < 1.29 is 27.6 Å². The lowest BCUT2D eigenvalue weighted by Gasteiger charge is -2.13. The Morgan fingerprint density at radius 1 is 1.42 bits per heavy atom. The Hall–Kier alpha value is -3.11. The molecule has 24 heavy (non-hydrogen) atoms. The second-order valence-electron chi connectivity index (χ2n) is 4.43. The minimum absolute atomic E-state index is 0.148. The average Bonchev–Trinajstić information content (AvgIpc) is 2.45. The summed E-state index contributed by atoms with van der Waals surface area (Å²) in [5, 5.41) is 22.7. The van der Waals surface area contributed by atoms with Crippen molar-refractivity contribution in [2.24, 2.45) is 0 Å². The number of hydrogen-bond donors (Lipinski definition) is 3. The molecule has 1 rings (SSSR count). The first-order chi connectivity index (χ1) is 11.0. The molecule has 0 bridgehead atoms. The van der Waals surface area contributed by atoms with E-state index in [4.69, 9.17) is 10.1 Å². The van der Waals surface area contributed by atoms with Crippen LogP contribution in [0.5, 0.6) is 5.75 Å². The number of non-ortho nitro benzene ring substituents is 1. The van der Waals surface area contributed by atoms with Crippen LogP contribution in [0.3, 0.4) is 0 Å². The number of carbonyl (C=O) groups is 1. The van der Waals surface area contributed by atoms with Crippen molar-refractivity contribution in [3.63, 3.8) is 0 Å². The quantitative estimate of drug-likeness (QED) is 0.336. The molecule has 0 heterocycles. The lowest BCUT2D eigenvalue weighted by molar-refractivity contribution is -0.385. The number of nitro benzene ring substituents is 1. The van der Waals surface area contributed by atoms with E-state index >= 15 is 0 Å². The number of alkyl halides is 3. The van der Waals surface area contributed by atoms with Gasteiger partial charge in [0.15, 0.2) is 0 Å². The molecule has 0 spiro atoms. The van der Waals surface area contributed by atoms with E-state index < -0.39 is 40.0 Å². The number of amides is 2. The number of benzene rings is 1. The van der Waals surface area contributed by atoms with Crippen LogP contribution in [0.2, 0.25) is 0 Å². The van der Waals surface area contributed by atoms with Gasteiger partial charge in [0.25, 0.3) is 5.69 Å². The van der Waals surface area contributed by atoms with Crippen LogP contribution in [-0.2, 0) is 6.18 Å². The molecule has 1 aromatic carbocycles. The molecule has 0 fully saturated rings. The summed E-state index contributed by atoms with van der Waals surface area (Å²) in [7, 11) is 1.36. The lowest BCUT2D eigenvalue weighted by atomic mass is 10.1. The number of nitrogens with one attached hydrogen (secondary N) is 3. The molecular formula is C13H13F3N4O4. The standard InChI is InChI=1S/C13H13F3N4O4/c1-7(19-12(21)18-2)5-11(17)24-10-4-3-8(20(22)23)6-9(10)13(14,15)16/h3-6,17H,1-2H3,(H2,18,19,21)/b7-5-,17-11?. The molecule has 0 atom stereocenters. The molecule has 0 radical (unpaired) electrons. The fourth-order valence-electron chi connectivity index (χ4n) is 1.56. The molecule has 11 heteroatoms. The number of rotatable bonds is 4. The second-order valence-corrected chi connectivity index (χ2v) is 4.43. The van der Waals surface area contributed by atoms with Gasteiger partial charge in [-0.25, -0.2) is 4.79 Å². The van der Waals surface area contributed by atoms with Gasteiger partial charge in [-0.05, 0) is 13.0 Å². The SMILES string of the molecule is CNC(=O)N/C(C)=C\C(=N)Oc1ccc([N+](=O)[O-])cc1C(F)(F)F. The summed E-state index contributed by atoms with van der Waals surface area (Å²) >= 11 is 0. The van der Waals surface area contributed by atoms with E-state index in [0.29, 0.717) is 6.07 Å². The van der Waals surface area contributed by atoms with E-state index in [1.807, 2.05) is 0 Å². The molecule has 1 aromatic rings. The summed E-state index contributed by atoms with van der Waals surface area (Å²) in [6.07, 6.45) is -3.92. The van der Waals surface area contributed by atoms with E-state index in [1.165, 1.54) is 14.0 Å². The average molecular weight is 346 g/mol. The highest BCUT2D eigenvalue weighted by Gasteiger charge is 2.36. The van der Waals surface area contributed by atoms with Gasteiger partial charge in [0.1, 0.15) is 11.3 Å². The van der Waals surface area contributed by atoms with Crippen LogP contribution in [0, 0.1) is 15.5 Å². The van der Waals surface area contributed by atoms with Crippen molar-refractivity contribution in [2.75, 3.05) is 7.05 Å². The smallest absolute Gasteiger partial charge is 0.420 e. The van der Waals surface area contributed by atoms with Gasteiger partial charge in [-0.15, -0.1) is 0 Å². The largest absolute Gasteiger partial charge is 0.439 e. The van der Waals surface area contributed by atoms with E-state index in [9.17, 15) is 28.1 Å². The first-order valence-electron chi connectivity index (χ1n) is 6.33. The van der Waals surface area contributed by atoms with E-state index in [-0.39, 0.29) is 5.70 Å². The summed E-state index contributed by atoms with van der Waals surface area (Å²) in [6.45, 7) is 1.40. The zero-order valence-electron chi connectivity index (χ0n) is 12.5. The summed E-state index contributed by atoms with van der Waals surface area (Å²) in [5.41, 5.74) is -1.99. The second kappa shape index (κ2) is 7.44. The normalized spacial score (nSPS) is 11.6. The van der Waals surface area contributed by atoms with Gasteiger partial charge in [-0.3, -0.25) is 15.5 Å². The van der Waals surface area contributed by atoms with E-state index in [1.54, 1.807) is 0 Å².